The first kappa shape index (κ1) is 40.9. The summed E-state index contributed by atoms with van der Waals surface area (Å²) in [5.74, 6) is -7.70. The zero-order valence-corrected chi connectivity index (χ0v) is 30.1. The van der Waals surface area contributed by atoms with Gasteiger partial charge in [-0.05, 0) is 60.1 Å². The average molecular weight is 801 g/mol. The normalized spacial score (nSPS) is 11.3. The summed E-state index contributed by atoms with van der Waals surface area (Å²) < 4.78 is 134. The van der Waals surface area contributed by atoms with E-state index < -0.39 is 64.1 Å². The van der Waals surface area contributed by atoms with E-state index in [0.717, 1.165) is 36.7 Å². The van der Waals surface area contributed by atoms with E-state index in [1.54, 1.807) is 18.5 Å². The predicted octanol–water partition coefficient (Wildman–Crippen LogP) is 5.83. The van der Waals surface area contributed by atoms with Crippen molar-refractivity contribution in [2.45, 2.75) is 11.9 Å². The van der Waals surface area contributed by atoms with Gasteiger partial charge in [0.05, 0.1) is 27.7 Å². The van der Waals surface area contributed by atoms with Crippen LogP contribution in [0.4, 0.5) is 43.9 Å². The molecule has 0 bridgehead atoms. The predicted molar refractivity (Wildman–Crippen MR) is 174 cm³/mol. The molecule has 0 aliphatic heterocycles. The second-order valence-corrected chi connectivity index (χ2v) is 11.5. The summed E-state index contributed by atoms with van der Waals surface area (Å²) in [4.78, 5) is 26.5. The summed E-state index contributed by atoms with van der Waals surface area (Å²) in [7, 11) is 0. The zero-order chi connectivity index (χ0) is 39.1. The maximum Gasteiger partial charge on any atom is 1.00 e. The smallest absolute Gasteiger partial charge is 0.543 e. The monoisotopic (exact) mass is 800 g/mol. The second kappa shape index (κ2) is 16.2. The van der Waals surface area contributed by atoms with Gasteiger partial charge in [0.15, 0.2) is 11.6 Å². The molecular weight excluding hydrogens is 785 g/mol. The minimum Gasteiger partial charge on any atom is -0.543 e. The third-order valence-corrected chi connectivity index (χ3v) is 7.98. The number of rotatable bonds is 4. The second-order valence-electron chi connectivity index (χ2n) is 11.0. The van der Waals surface area contributed by atoms with E-state index in [-0.39, 0.29) is 68.1 Å². The number of carboxylic acids is 1. The minimum absolute atomic E-state index is 0. The Kier molecular flexibility index (Phi) is 12.0. The van der Waals surface area contributed by atoms with Gasteiger partial charge in [-0.25, -0.2) is 27.5 Å². The summed E-state index contributed by atoms with van der Waals surface area (Å²) >= 11 is 3.87. The summed E-state index contributed by atoms with van der Waals surface area (Å²) in [6.07, 6.45) is 7.73. The summed E-state index contributed by atoms with van der Waals surface area (Å²) in [5, 5.41) is 6.05. The van der Waals surface area contributed by atoms with E-state index in [1.807, 2.05) is 0 Å². The van der Waals surface area contributed by atoms with Crippen LogP contribution in [0.5, 0.6) is 0 Å². The number of hydrogen-bond donors (Lipinski definition) is 1. The van der Waals surface area contributed by atoms with Gasteiger partial charge < -0.3 is 14.9 Å². The Hall–Kier alpha value is -5.30. The van der Waals surface area contributed by atoms with Crippen molar-refractivity contribution in [3.8, 4) is 22.3 Å². The van der Waals surface area contributed by atoms with Crippen molar-refractivity contribution >= 4 is 61.2 Å². The number of hydrogen-bond acceptors (Lipinski definition) is 6. The van der Waals surface area contributed by atoms with Gasteiger partial charge in [-0.15, -0.1) is 0 Å². The third-order valence-electron chi connectivity index (χ3n) is 7.83. The van der Waals surface area contributed by atoms with Crippen LogP contribution in [0.25, 0.3) is 65.9 Å². The van der Waals surface area contributed by atoms with Crippen LogP contribution in [0.3, 0.4) is 0 Å². The zero-order valence-electron chi connectivity index (χ0n) is 27.4. The Balaban J connectivity index is 0.000000179. The molecule has 0 saturated heterocycles. The molecule has 8 aromatic rings. The van der Waals surface area contributed by atoms with Crippen LogP contribution in [-0.2, 0) is 4.79 Å². The summed E-state index contributed by atoms with van der Waals surface area (Å²) in [5.41, 5.74) is -0.220. The number of pyridine rings is 4. The molecule has 20 heteroatoms. The number of carboxylic acid groups (broad SMARTS) is 1. The number of fused-ring (bicyclic) bond motifs is 6. The Morgan fingerprint density at radius 3 is 1.75 bits per heavy atom. The molecule has 276 valence electrons. The number of carbonyl (C=O) groups excluding carboxylic acids is 1. The third kappa shape index (κ3) is 8.07. The molecule has 0 amide bonds. The molecule has 6 aromatic heterocycles. The van der Waals surface area contributed by atoms with Crippen LogP contribution >= 0.6 is 11.6 Å². The quantitative estimate of drug-likeness (QED) is 0.104. The van der Waals surface area contributed by atoms with Crippen LogP contribution < -0.4 is 34.7 Å². The first-order valence-electron chi connectivity index (χ1n) is 14.9. The molecule has 55 heavy (non-hydrogen) atoms. The van der Waals surface area contributed by atoms with Crippen LogP contribution in [0, 0.1) is 35.2 Å². The van der Waals surface area contributed by atoms with Crippen LogP contribution in [0.1, 0.15) is 6.55 Å². The van der Waals surface area contributed by atoms with Gasteiger partial charge in [-0.3, -0.25) is 14.5 Å². The molecule has 1 N–H and O–H groups in total. The molecule has 2 aromatic carbocycles. The molecule has 6 heterocycles. The van der Waals surface area contributed by atoms with Gasteiger partial charge in [-0.2, -0.15) is 26.3 Å². The van der Waals surface area contributed by atoms with Crippen molar-refractivity contribution in [2.75, 3.05) is 0 Å². The maximum absolute atomic E-state index is 15.0. The molecule has 8 nitrogen and oxygen atoms in total. The number of nitrogens with one attached hydrogen (secondary N) is 1. The topological polar surface area (TPSA) is 112 Å². The van der Waals surface area contributed by atoms with Crippen molar-refractivity contribution in [1.82, 2.24) is 29.5 Å². The molecule has 0 unspecified atom stereocenters. The van der Waals surface area contributed by atoms with Crippen LogP contribution in [-0.4, -0.2) is 40.8 Å². The SMILES string of the molecule is Fc1ccc(-c2c(F)cc3c([nH]c4ccncc43)c2F)cn1.Fc1ccc(-c2c(F)cc3c4cnccc4n(C(F)F)c3c2F)cn1.O=C([O-])C(F)(F)Cl.[Na+]. The number of H-pyrrole nitrogens is 1. The molecule has 0 spiro atoms. The van der Waals surface area contributed by atoms with E-state index in [4.69, 9.17) is 9.90 Å². The van der Waals surface area contributed by atoms with E-state index in [0.29, 0.717) is 20.9 Å². The molecule has 0 atom stereocenters. The van der Waals surface area contributed by atoms with Crippen molar-refractivity contribution in [3.63, 3.8) is 0 Å². The Labute approximate surface area is 327 Å². The minimum atomic E-state index is -4.22. The average Bonchev–Trinajstić information content (AvgIpc) is 3.66. The molecule has 8 rings (SSSR count). The fraction of sp³-hybridized carbons (Fsp3) is 0.0571. The fourth-order valence-electron chi connectivity index (χ4n) is 5.56. The Morgan fingerprint density at radius 2 is 1.24 bits per heavy atom. The molecule has 0 fully saturated rings. The molecule has 0 aliphatic rings. The Bertz CT molecular complexity index is 2690. The molecule has 0 radical (unpaired) electrons. The van der Waals surface area contributed by atoms with E-state index >= 15 is 4.39 Å². The van der Waals surface area contributed by atoms with Crippen LogP contribution in [0.2, 0.25) is 0 Å². The Morgan fingerprint density at radius 1 is 0.727 bits per heavy atom. The largest absolute Gasteiger partial charge is 1.00 e. The molecular formula is C35H16ClF10N6NaO2. The van der Waals surface area contributed by atoms with Crippen molar-refractivity contribution in [3.05, 3.63) is 121 Å². The number of benzene rings is 2. The van der Waals surface area contributed by atoms with Gasteiger partial charge in [0.1, 0.15) is 17.6 Å². The first-order chi connectivity index (χ1) is 25.6. The van der Waals surface area contributed by atoms with Crippen molar-refractivity contribution in [1.29, 1.82) is 0 Å². The van der Waals surface area contributed by atoms with Gasteiger partial charge in [0, 0.05) is 75.4 Å². The van der Waals surface area contributed by atoms with E-state index in [1.165, 1.54) is 30.6 Å². The van der Waals surface area contributed by atoms with E-state index in [9.17, 15) is 39.5 Å². The van der Waals surface area contributed by atoms with Gasteiger partial charge in [0.2, 0.25) is 11.9 Å². The number of nitrogens with zero attached hydrogens (tertiary/aromatic N) is 5. The van der Waals surface area contributed by atoms with Gasteiger partial charge in [0.25, 0.3) is 0 Å². The molecule has 0 aliphatic carbocycles. The fourth-order valence-corrected chi connectivity index (χ4v) is 5.56. The molecule has 0 saturated carbocycles. The van der Waals surface area contributed by atoms with Gasteiger partial charge >= 0.3 is 41.5 Å². The first-order valence-corrected chi connectivity index (χ1v) is 15.3. The van der Waals surface area contributed by atoms with Crippen molar-refractivity contribution in [2.24, 2.45) is 0 Å². The van der Waals surface area contributed by atoms with Crippen molar-refractivity contribution < 1.29 is 83.4 Å². The number of carbonyl (C=O) groups is 1. The summed E-state index contributed by atoms with van der Waals surface area (Å²) in [6.45, 7) is -3.04. The van der Waals surface area contributed by atoms with E-state index in [2.05, 4.69) is 36.5 Å². The van der Waals surface area contributed by atoms with Crippen LogP contribution in [0.15, 0.2) is 85.7 Å². The number of aromatic nitrogens is 6. The van der Waals surface area contributed by atoms with Gasteiger partial charge in [-0.1, -0.05) is 0 Å². The number of aromatic amines is 1. The standard InChI is InChI=1S/C17H8F5N3.C16H8F3N3.C2HClF2O2.Na/c18-11-5-9-10-7-23-4-3-12(10)25(17(21)22)16(9)15(20)14(11)8-1-2-13(19)24-6-8;17-11-5-9-10-7-20-4-3-12(10)22-16(9)15(19)14(11)8-1-2-13(18)21-6-8;3-2(4,5)1(6)7;/h1-7,17H;1-7,22H;(H,6,7);/q;;;+1/p-1. The number of halogens is 11. The number of aliphatic carboxylic acids is 1. The summed E-state index contributed by atoms with van der Waals surface area (Å²) in [6, 6.07) is 9.63. The number of alkyl halides is 5. The maximum atomic E-state index is 15.0.